The summed E-state index contributed by atoms with van der Waals surface area (Å²) in [5.74, 6) is 0.485. The number of carbonyl (C=O) groups is 1. The van der Waals surface area contributed by atoms with E-state index in [0.29, 0.717) is 0 Å². The van der Waals surface area contributed by atoms with Gasteiger partial charge in [0.1, 0.15) is 18.3 Å². The molecule has 72 heavy (non-hydrogen) atoms. The van der Waals surface area contributed by atoms with Crippen LogP contribution >= 0.6 is 0 Å². The molecule has 2 aliphatic heterocycles. The molecule has 2 heterocycles. The molecule has 0 aromatic heterocycles. The number of carbonyl (C=O) groups excluding carboxylic acids is 1. The standard InChI is InChI=1S/C59H99N3O8Si2/c1-15-16-17-18-19-20-22-27-34-44-41-45(44)35-28-23-21-24-33-40-49(70-71(13,14)57(5,6)7)48(61-62-60)42-64-54-53(67-55(63)56(2,3)4)52-51(68-59(11,12)69-52)50(66-54)43-65-72(58(8,9)10,46-36-29-25-30-37-46)47-38-31-26-32-39-47/h25-26,29-32,36-39,44-45,48-54H,15-24,27-28,33-35,40-43H2,1-14H3/t44-,45+,48-,49+,50+,51-,52-,53+,54+/m0/s1. The first kappa shape index (κ1) is 60.3. The van der Waals surface area contributed by atoms with Crippen LogP contribution in [0.15, 0.2) is 65.8 Å². The molecule has 0 spiro atoms. The van der Waals surface area contributed by atoms with Gasteiger partial charge in [0.05, 0.1) is 30.8 Å². The molecule has 13 heteroatoms. The van der Waals surface area contributed by atoms with Gasteiger partial charge in [-0.1, -0.05) is 211 Å². The minimum absolute atomic E-state index is 0.0109. The van der Waals surface area contributed by atoms with E-state index in [1.54, 1.807) is 0 Å². The molecule has 2 saturated heterocycles. The molecule has 0 unspecified atom stereocenters. The van der Waals surface area contributed by atoms with Crippen molar-refractivity contribution in [2.75, 3.05) is 13.2 Å². The quantitative estimate of drug-likeness (QED) is 0.0189. The first-order chi connectivity index (χ1) is 33.9. The maximum Gasteiger partial charge on any atom is 0.311 e. The highest BCUT2D eigenvalue weighted by atomic mass is 28.4. The highest BCUT2D eigenvalue weighted by Crippen LogP contribution is 2.46. The van der Waals surface area contributed by atoms with Gasteiger partial charge < -0.3 is 32.5 Å². The summed E-state index contributed by atoms with van der Waals surface area (Å²) in [4.78, 5) is 17.2. The van der Waals surface area contributed by atoms with Gasteiger partial charge in [-0.05, 0) is 98.4 Å². The average Bonchev–Trinajstić information content (AvgIpc) is 3.97. The molecule has 0 N–H and O–H groups in total. The van der Waals surface area contributed by atoms with Crippen molar-refractivity contribution in [2.45, 2.75) is 264 Å². The van der Waals surface area contributed by atoms with E-state index in [0.717, 1.165) is 41.5 Å². The topological polar surface area (TPSA) is 130 Å². The average molecular weight is 1030 g/mol. The predicted octanol–water partition coefficient (Wildman–Crippen LogP) is 14.7. The van der Waals surface area contributed by atoms with E-state index in [2.05, 4.69) is 120 Å². The van der Waals surface area contributed by atoms with E-state index < -0.39 is 70.6 Å². The SMILES string of the molecule is CCCCCCCCCC[C@H]1C[C@H]1CCCCCCC[C@@H](O[Si](C)(C)C(C)(C)C)[C@H](CO[C@@H]1O[C@H](CO[Si](c2ccccc2)(c2ccccc2)C(C)(C)C)[C@@H]2OC(C)(C)O[C@@H]2[C@H]1OC(=O)C(C)(C)C)N=[N+]=[N-]. The van der Waals surface area contributed by atoms with Crippen molar-refractivity contribution in [3.63, 3.8) is 0 Å². The summed E-state index contributed by atoms with van der Waals surface area (Å²) < 4.78 is 48.1. The van der Waals surface area contributed by atoms with Gasteiger partial charge in [0.15, 0.2) is 26.5 Å². The number of esters is 1. The van der Waals surface area contributed by atoms with E-state index in [-0.39, 0.29) is 29.4 Å². The lowest BCUT2D eigenvalue weighted by Gasteiger charge is -2.46. The molecule has 11 nitrogen and oxygen atoms in total. The fourth-order valence-electron chi connectivity index (χ4n) is 10.7. The van der Waals surface area contributed by atoms with Crippen molar-refractivity contribution in [1.82, 2.24) is 0 Å². The molecule has 0 amide bonds. The second-order valence-corrected chi connectivity index (χ2v) is 34.7. The van der Waals surface area contributed by atoms with E-state index in [1.807, 2.05) is 46.8 Å². The lowest BCUT2D eigenvalue weighted by molar-refractivity contribution is -0.288. The highest BCUT2D eigenvalue weighted by Gasteiger charge is 2.59. The Hall–Kier alpha value is -2.59. The lowest BCUT2D eigenvalue weighted by atomic mass is 9.95. The third-order valence-electron chi connectivity index (χ3n) is 16.0. The van der Waals surface area contributed by atoms with Crippen molar-refractivity contribution in [3.05, 3.63) is 71.1 Å². The van der Waals surface area contributed by atoms with E-state index >= 15 is 0 Å². The van der Waals surface area contributed by atoms with Crippen LogP contribution < -0.4 is 10.4 Å². The van der Waals surface area contributed by atoms with E-state index in [4.69, 9.17) is 32.5 Å². The van der Waals surface area contributed by atoms with Crippen molar-refractivity contribution in [1.29, 1.82) is 0 Å². The molecule has 1 saturated carbocycles. The Bertz CT molecular complexity index is 1920. The van der Waals surface area contributed by atoms with Crippen LogP contribution in [0.5, 0.6) is 0 Å². The normalized spacial score (nSPS) is 24.3. The predicted molar refractivity (Wildman–Crippen MR) is 297 cm³/mol. The van der Waals surface area contributed by atoms with Crippen molar-refractivity contribution in [3.8, 4) is 0 Å². The molecule has 0 radical (unpaired) electrons. The maximum atomic E-state index is 13.8. The van der Waals surface area contributed by atoms with Gasteiger partial charge in [0, 0.05) is 4.91 Å². The molecule has 2 aromatic carbocycles. The zero-order chi connectivity index (χ0) is 52.8. The third kappa shape index (κ3) is 17.0. The number of benzene rings is 2. The zero-order valence-electron chi connectivity index (χ0n) is 47.5. The molecule has 0 bridgehead atoms. The second-order valence-electron chi connectivity index (χ2n) is 25.6. The second kappa shape index (κ2) is 26.9. The summed E-state index contributed by atoms with van der Waals surface area (Å²) >= 11 is 0. The van der Waals surface area contributed by atoms with Gasteiger partial charge in [-0.25, -0.2) is 0 Å². The number of unbranched alkanes of at least 4 members (excludes halogenated alkanes) is 11. The Morgan fingerprint density at radius 1 is 0.750 bits per heavy atom. The van der Waals surface area contributed by atoms with E-state index in [1.165, 1.54) is 89.9 Å². The minimum atomic E-state index is -3.01. The molecule has 1 aliphatic carbocycles. The van der Waals surface area contributed by atoms with Gasteiger partial charge >= 0.3 is 5.97 Å². The Balaban J connectivity index is 1.30. The van der Waals surface area contributed by atoms with Gasteiger partial charge in [0.2, 0.25) is 0 Å². The van der Waals surface area contributed by atoms with Crippen LogP contribution in [0.4, 0.5) is 0 Å². The molecule has 9 atom stereocenters. The fourth-order valence-corrected chi connectivity index (χ4v) is 16.7. The van der Waals surface area contributed by atoms with E-state index in [9.17, 15) is 10.3 Å². The van der Waals surface area contributed by atoms with Gasteiger partial charge in [-0.2, -0.15) is 0 Å². The van der Waals surface area contributed by atoms with Gasteiger partial charge in [0.25, 0.3) is 8.32 Å². The first-order valence-corrected chi connectivity index (χ1v) is 33.1. The van der Waals surface area contributed by atoms with Crippen molar-refractivity contribution >= 4 is 33.0 Å². The summed E-state index contributed by atoms with van der Waals surface area (Å²) in [7, 11) is -5.35. The van der Waals surface area contributed by atoms with Crippen LogP contribution in [0.2, 0.25) is 23.2 Å². The number of hydrogen-bond donors (Lipinski definition) is 0. The number of azide groups is 1. The molecule has 2 aromatic rings. The molecular formula is C59H99N3O8Si2. The van der Waals surface area contributed by atoms with Crippen LogP contribution in [-0.4, -0.2) is 84.5 Å². The van der Waals surface area contributed by atoms with Crippen LogP contribution in [0.3, 0.4) is 0 Å². The van der Waals surface area contributed by atoms with Crippen molar-refractivity contribution < 1.29 is 37.3 Å². The maximum absolute atomic E-state index is 13.8. The lowest BCUT2D eigenvalue weighted by Crippen LogP contribution is -2.68. The monoisotopic (exact) mass is 1030 g/mol. The summed E-state index contributed by atoms with van der Waals surface area (Å²) in [6, 6.07) is 20.4. The fraction of sp³-hybridized carbons (Fsp3) is 0.780. The Morgan fingerprint density at radius 2 is 1.26 bits per heavy atom. The smallest absolute Gasteiger partial charge is 0.311 e. The number of fused-ring (bicyclic) bond motifs is 1. The molecule has 3 aliphatic rings. The molecule has 406 valence electrons. The van der Waals surface area contributed by atoms with Crippen LogP contribution in [0.1, 0.15) is 192 Å². The van der Waals surface area contributed by atoms with Gasteiger partial charge in [-0.15, -0.1) is 0 Å². The molecule has 3 fully saturated rings. The van der Waals surface area contributed by atoms with Gasteiger partial charge in [-0.3, -0.25) is 4.79 Å². The highest BCUT2D eigenvalue weighted by molar-refractivity contribution is 6.99. The summed E-state index contributed by atoms with van der Waals surface area (Å²) in [6.07, 6.45) is 17.4. The van der Waals surface area contributed by atoms with Crippen LogP contribution in [0, 0.1) is 17.3 Å². The third-order valence-corrected chi connectivity index (χ3v) is 25.6. The summed E-state index contributed by atoms with van der Waals surface area (Å²) in [5.41, 5.74) is 9.30. The number of hydrogen-bond acceptors (Lipinski definition) is 9. The van der Waals surface area contributed by atoms with Crippen molar-refractivity contribution in [2.24, 2.45) is 22.4 Å². The van der Waals surface area contributed by atoms with Crippen LogP contribution in [0.25, 0.3) is 10.4 Å². The summed E-state index contributed by atoms with van der Waals surface area (Å²) in [6.45, 7) is 29.6. The number of rotatable bonds is 30. The first-order valence-electron chi connectivity index (χ1n) is 28.2. The molecular weight excluding hydrogens is 935 g/mol. The zero-order valence-corrected chi connectivity index (χ0v) is 49.5. The summed E-state index contributed by atoms with van der Waals surface area (Å²) in [5, 5.41) is 6.33. The van der Waals surface area contributed by atoms with Crippen LogP contribution in [-0.2, 0) is 37.3 Å². The number of nitrogens with zero attached hydrogens (tertiary/aromatic N) is 3. The molecule has 5 rings (SSSR count). The number of ether oxygens (including phenoxy) is 5. The minimum Gasteiger partial charge on any atom is -0.454 e. The Kier molecular flexibility index (Phi) is 22.6. The largest absolute Gasteiger partial charge is 0.454 e. The Labute approximate surface area is 439 Å². The Morgan fingerprint density at radius 3 is 1.76 bits per heavy atom.